The Balaban J connectivity index is 1.40. The first-order chi connectivity index (χ1) is 18.4. The second kappa shape index (κ2) is 12.6. The van der Waals surface area contributed by atoms with Crippen molar-refractivity contribution in [2.75, 3.05) is 52.2 Å². The minimum atomic E-state index is -0.304. The molecule has 4 rings (SSSR count). The van der Waals surface area contributed by atoms with Crippen LogP contribution in [0.2, 0.25) is 0 Å². The van der Waals surface area contributed by atoms with Crippen LogP contribution < -0.4 is 11.1 Å². The van der Waals surface area contributed by atoms with Crippen molar-refractivity contribution in [3.63, 3.8) is 0 Å². The summed E-state index contributed by atoms with van der Waals surface area (Å²) in [6, 6.07) is 11.3. The van der Waals surface area contributed by atoms with Crippen molar-refractivity contribution in [3.8, 4) is 0 Å². The summed E-state index contributed by atoms with van der Waals surface area (Å²) in [5.41, 5.74) is 9.51. The number of nitrogens with two attached hydrogens (primary N) is 1. The van der Waals surface area contributed by atoms with Crippen LogP contribution in [0.5, 0.6) is 0 Å². The summed E-state index contributed by atoms with van der Waals surface area (Å²) in [5.74, 6) is 0.713. The van der Waals surface area contributed by atoms with Crippen LogP contribution in [0.4, 0.5) is 16.3 Å². The summed E-state index contributed by atoms with van der Waals surface area (Å²) < 4.78 is 5.09. The van der Waals surface area contributed by atoms with Gasteiger partial charge in [-0.25, -0.2) is 9.78 Å². The van der Waals surface area contributed by atoms with Gasteiger partial charge in [0.05, 0.1) is 6.61 Å². The Labute approximate surface area is 224 Å². The Kier molecular flexibility index (Phi) is 8.96. The van der Waals surface area contributed by atoms with E-state index in [9.17, 15) is 9.59 Å². The van der Waals surface area contributed by atoms with Gasteiger partial charge in [-0.05, 0) is 88.3 Å². The molecule has 2 aromatic rings. The number of aliphatic imine (C=N–C) groups is 1. The third-order valence-corrected chi connectivity index (χ3v) is 7.05. The molecule has 38 heavy (non-hydrogen) atoms. The largest absolute Gasteiger partial charge is 0.450 e. The number of aromatic nitrogens is 1. The van der Waals surface area contributed by atoms with Crippen LogP contribution in [-0.2, 0) is 4.74 Å². The maximum absolute atomic E-state index is 13.0. The number of hydrogen-bond donors (Lipinski definition) is 2. The van der Waals surface area contributed by atoms with Crippen molar-refractivity contribution >= 4 is 35.0 Å². The first-order valence-corrected chi connectivity index (χ1v) is 13.1. The molecular formula is C28H37N7O3. The van der Waals surface area contributed by atoms with Crippen LogP contribution in [0, 0.1) is 0 Å². The number of likely N-dealkylation sites (tertiary alicyclic amines) is 1. The molecule has 0 atom stereocenters. The number of piperidine rings is 1. The highest BCUT2D eigenvalue weighted by Crippen LogP contribution is 2.29. The van der Waals surface area contributed by atoms with Gasteiger partial charge in [0, 0.05) is 49.2 Å². The molecular weight excluding hydrogens is 482 g/mol. The van der Waals surface area contributed by atoms with Gasteiger partial charge < -0.3 is 30.5 Å². The van der Waals surface area contributed by atoms with Gasteiger partial charge in [0.15, 0.2) is 11.8 Å². The lowest BCUT2D eigenvalue weighted by Crippen LogP contribution is -2.44. The van der Waals surface area contributed by atoms with E-state index in [1.165, 1.54) is 0 Å². The van der Waals surface area contributed by atoms with Crippen LogP contribution >= 0.6 is 0 Å². The van der Waals surface area contributed by atoms with Crippen LogP contribution in [-0.4, -0.2) is 90.6 Å². The van der Waals surface area contributed by atoms with Crippen LogP contribution in [0.3, 0.4) is 0 Å². The molecule has 0 bridgehead atoms. The predicted molar refractivity (Wildman–Crippen MR) is 149 cm³/mol. The number of ether oxygens (including phenoxy) is 1. The van der Waals surface area contributed by atoms with Gasteiger partial charge >= 0.3 is 6.09 Å². The summed E-state index contributed by atoms with van der Waals surface area (Å²) in [6.07, 6.45) is 6.01. The molecule has 3 N–H and O–H groups in total. The van der Waals surface area contributed by atoms with E-state index < -0.39 is 0 Å². The maximum Gasteiger partial charge on any atom is 0.410 e. The predicted octanol–water partition coefficient (Wildman–Crippen LogP) is 3.55. The third-order valence-electron chi connectivity index (χ3n) is 7.05. The summed E-state index contributed by atoms with van der Waals surface area (Å²) in [7, 11) is 4.00. The lowest BCUT2D eigenvalue weighted by atomic mass is 10.0. The third kappa shape index (κ3) is 6.69. The second-order valence-corrected chi connectivity index (χ2v) is 9.65. The van der Waals surface area contributed by atoms with Crippen LogP contribution in [0.15, 0.2) is 53.7 Å². The smallest absolute Gasteiger partial charge is 0.410 e. The summed E-state index contributed by atoms with van der Waals surface area (Å²) in [4.78, 5) is 39.7. The molecule has 1 fully saturated rings. The van der Waals surface area contributed by atoms with E-state index >= 15 is 0 Å². The first kappa shape index (κ1) is 27.1. The standard InChI is InChI=1S/C28H37N7O3/c1-4-38-28(37)35-18-11-20(12-19-35)24-6-5-15-30-25(24)32-27(29)31-22-9-7-21(8-10-22)26(36)34(3)23-13-16-33(2)17-14-23/h5-11,15,23H,4,12-14,16-19H2,1-3H3,(H3,29,30,31,32). The van der Waals surface area contributed by atoms with Gasteiger partial charge in [0.25, 0.3) is 5.91 Å². The average molecular weight is 520 g/mol. The van der Waals surface area contributed by atoms with Gasteiger partial charge in [0.2, 0.25) is 0 Å². The van der Waals surface area contributed by atoms with E-state index in [1.807, 2.05) is 42.3 Å². The SMILES string of the molecule is CCOC(=O)N1CC=C(c2cccnc2/N=C(\N)Nc2ccc(C(=O)N(C)C3CCN(C)CC3)cc2)CC1. The summed E-state index contributed by atoms with van der Waals surface area (Å²) in [5, 5.41) is 3.09. The lowest BCUT2D eigenvalue weighted by molar-refractivity contribution is 0.0659. The molecule has 10 heteroatoms. The van der Waals surface area contributed by atoms with Crippen molar-refractivity contribution in [1.82, 2.24) is 19.7 Å². The van der Waals surface area contributed by atoms with E-state index in [0.29, 0.717) is 37.5 Å². The Morgan fingerprint density at radius 1 is 1.18 bits per heavy atom. The van der Waals surface area contributed by atoms with Crippen molar-refractivity contribution in [1.29, 1.82) is 0 Å². The van der Waals surface area contributed by atoms with Gasteiger partial charge in [-0.1, -0.05) is 6.08 Å². The number of anilines is 1. The van der Waals surface area contributed by atoms with Crippen LogP contribution in [0.25, 0.3) is 5.57 Å². The van der Waals surface area contributed by atoms with E-state index in [1.54, 1.807) is 30.2 Å². The zero-order chi connectivity index (χ0) is 27.1. The molecule has 2 aliphatic heterocycles. The minimum Gasteiger partial charge on any atom is -0.450 e. The van der Waals surface area contributed by atoms with Crippen molar-refractivity contribution < 1.29 is 14.3 Å². The molecule has 202 valence electrons. The zero-order valence-electron chi connectivity index (χ0n) is 22.4. The van der Waals surface area contributed by atoms with Gasteiger partial charge in [0.1, 0.15) is 0 Å². The molecule has 3 heterocycles. The normalized spacial score (nSPS) is 17.1. The van der Waals surface area contributed by atoms with Gasteiger partial charge in [-0.2, -0.15) is 4.99 Å². The zero-order valence-corrected chi connectivity index (χ0v) is 22.4. The number of carbonyl (C=O) groups is 2. The molecule has 1 aromatic carbocycles. The Hall–Kier alpha value is -3.92. The lowest BCUT2D eigenvalue weighted by Gasteiger charge is -2.35. The average Bonchev–Trinajstić information content (AvgIpc) is 2.93. The summed E-state index contributed by atoms with van der Waals surface area (Å²) in [6.45, 7) is 5.20. The quantitative estimate of drug-likeness (QED) is 0.443. The fourth-order valence-corrected chi connectivity index (χ4v) is 4.77. The number of rotatable bonds is 6. The fourth-order valence-electron chi connectivity index (χ4n) is 4.77. The Morgan fingerprint density at radius 2 is 1.92 bits per heavy atom. The number of benzene rings is 1. The molecule has 0 radical (unpaired) electrons. The van der Waals surface area contributed by atoms with Gasteiger partial charge in [-0.15, -0.1) is 0 Å². The summed E-state index contributed by atoms with van der Waals surface area (Å²) >= 11 is 0. The highest BCUT2D eigenvalue weighted by Gasteiger charge is 2.25. The van der Waals surface area contributed by atoms with E-state index in [0.717, 1.165) is 42.8 Å². The Bertz CT molecular complexity index is 1190. The van der Waals surface area contributed by atoms with Crippen molar-refractivity contribution in [2.45, 2.75) is 32.2 Å². The molecule has 2 aliphatic rings. The van der Waals surface area contributed by atoms with Crippen LogP contribution in [0.1, 0.15) is 42.1 Å². The molecule has 0 unspecified atom stereocenters. The molecule has 0 saturated carbocycles. The monoisotopic (exact) mass is 519 g/mol. The number of hydrogen-bond acceptors (Lipinski definition) is 6. The molecule has 10 nitrogen and oxygen atoms in total. The molecule has 0 spiro atoms. The molecule has 2 amide bonds. The molecule has 1 saturated heterocycles. The molecule has 1 aromatic heterocycles. The number of pyridine rings is 1. The molecule has 0 aliphatic carbocycles. The van der Waals surface area contributed by atoms with E-state index in [2.05, 4.69) is 27.2 Å². The highest BCUT2D eigenvalue weighted by molar-refractivity contribution is 5.97. The van der Waals surface area contributed by atoms with Crippen molar-refractivity contribution in [3.05, 3.63) is 59.8 Å². The number of nitrogens with zero attached hydrogens (tertiary/aromatic N) is 5. The highest BCUT2D eigenvalue weighted by atomic mass is 16.6. The second-order valence-electron chi connectivity index (χ2n) is 9.65. The maximum atomic E-state index is 13.0. The topological polar surface area (TPSA) is 116 Å². The number of carbonyl (C=O) groups excluding carboxylic acids is 2. The number of amides is 2. The van der Waals surface area contributed by atoms with E-state index in [4.69, 9.17) is 10.5 Å². The fraction of sp³-hybridized carbons (Fsp3) is 0.429. The number of nitrogens with one attached hydrogen (secondary N) is 1. The number of guanidine groups is 1. The Morgan fingerprint density at radius 3 is 2.58 bits per heavy atom. The van der Waals surface area contributed by atoms with E-state index in [-0.39, 0.29) is 24.0 Å². The minimum absolute atomic E-state index is 0.0214. The van der Waals surface area contributed by atoms with Gasteiger partial charge in [-0.3, -0.25) is 4.79 Å². The van der Waals surface area contributed by atoms with Crippen molar-refractivity contribution in [2.24, 2.45) is 10.7 Å². The first-order valence-electron chi connectivity index (χ1n) is 13.1.